The Labute approximate surface area is 146 Å². The highest BCUT2D eigenvalue weighted by Crippen LogP contribution is 2.21. The van der Waals surface area contributed by atoms with Crippen LogP contribution in [0.2, 0.25) is 0 Å². The Morgan fingerprint density at radius 2 is 1.68 bits per heavy atom. The van der Waals surface area contributed by atoms with Crippen molar-refractivity contribution in [3.05, 3.63) is 78.1 Å². The highest BCUT2D eigenvalue weighted by molar-refractivity contribution is 5.59. The first-order chi connectivity index (χ1) is 12.3. The zero-order chi connectivity index (χ0) is 17.5. The van der Waals surface area contributed by atoms with Crippen LogP contribution in [0.25, 0.3) is 11.3 Å². The summed E-state index contributed by atoms with van der Waals surface area (Å²) in [6, 6.07) is 20.0. The van der Waals surface area contributed by atoms with E-state index in [2.05, 4.69) is 27.6 Å². The van der Waals surface area contributed by atoms with E-state index >= 15 is 0 Å². The van der Waals surface area contributed by atoms with Crippen LogP contribution < -0.4 is 5.32 Å². The minimum atomic E-state index is -0.272. The molecule has 0 radical (unpaired) electrons. The standard InChI is InChI=1S/C20H20FN3O/c21-18-8-6-16(7-9-18)19-10-11-20(24-23-19)22-14-17(12-13-25)15-4-2-1-3-5-15/h1-11,17,25H,12-14H2,(H,22,24). The Kier molecular flexibility index (Phi) is 5.69. The smallest absolute Gasteiger partial charge is 0.148 e. The van der Waals surface area contributed by atoms with Crippen molar-refractivity contribution >= 4 is 5.82 Å². The third kappa shape index (κ3) is 4.61. The van der Waals surface area contributed by atoms with E-state index in [-0.39, 0.29) is 18.3 Å². The predicted molar refractivity (Wildman–Crippen MR) is 96.8 cm³/mol. The van der Waals surface area contributed by atoms with Gasteiger partial charge in [0.25, 0.3) is 0 Å². The third-order valence-corrected chi connectivity index (χ3v) is 4.08. The van der Waals surface area contributed by atoms with Crippen molar-refractivity contribution in [2.24, 2.45) is 0 Å². The van der Waals surface area contributed by atoms with Crippen LogP contribution in [0.4, 0.5) is 10.2 Å². The molecular formula is C20H20FN3O. The molecule has 4 nitrogen and oxygen atoms in total. The molecule has 1 atom stereocenters. The van der Waals surface area contributed by atoms with E-state index in [0.29, 0.717) is 24.5 Å². The molecule has 25 heavy (non-hydrogen) atoms. The molecule has 0 aliphatic carbocycles. The van der Waals surface area contributed by atoms with Gasteiger partial charge in [0, 0.05) is 24.6 Å². The lowest BCUT2D eigenvalue weighted by molar-refractivity contribution is 0.277. The lowest BCUT2D eigenvalue weighted by atomic mass is 9.96. The van der Waals surface area contributed by atoms with Crippen LogP contribution in [0.3, 0.4) is 0 Å². The summed E-state index contributed by atoms with van der Waals surface area (Å²) >= 11 is 0. The van der Waals surface area contributed by atoms with Gasteiger partial charge in [-0.2, -0.15) is 0 Å². The van der Waals surface area contributed by atoms with Crippen molar-refractivity contribution in [2.75, 3.05) is 18.5 Å². The van der Waals surface area contributed by atoms with Crippen LogP contribution in [0, 0.1) is 5.82 Å². The van der Waals surface area contributed by atoms with E-state index < -0.39 is 0 Å². The summed E-state index contributed by atoms with van der Waals surface area (Å²) in [6.45, 7) is 0.797. The fourth-order valence-corrected chi connectivity index (χ4v) is 2.70. The van der Waals surface area contributed by atoms with Crippen molar-refractivity contribution in [1.82, 2.24) is 10.2 Å². The summed E-state index contributed by atoms with van der Waals surface area (Å²) in [7, 11) is 0. The molecule has 1 unspecified atom stereocenters. The third-order valence-electron chi connectivity index (χ3n) is 4.08. The van der Waals surface area contributed by atoms with Gasteiger partial charge in [0.2, 0.25) is 0 Å². The van der Waals surface area contributed by atoms with Gasteiger partial charge in [-0.15, -0.1) is 10.2 Å². The first-order valence-corrected chi connectivity index (χ1v) is 8.25. The van der Waals surface area contributed by atoms with Gasteiger partial charge in [0.15, 0.2) is 0 Å². The van der Waals surface area contributed by atoms with Crippen molar-refractivity contribution in [2.45, 2.75) is 12.3 Å². The molecule has 2 N–H and O–H groups in total. The largest absolute Gasteiger partial charge is 0.396 e. The Morgan fingerprint density at radius 3 is 2.32 bits per heavy atom. The van der Waals surface area contributed by atoms with Gasteiger partial charge in [-0.3, -0.25) is 0 Å². The minimum Gasteiger partial charge on any atom is -0.396 e. The maximum atomic E-state index is 13.0. The summed E-state index contributed by atoms with van der Waals surface area (Å²) in [5, 5.41) is 20.9. The molecule has 128 valence electrons. The zero-order valence-corrected chi connectivity index (χ0v) is 13.8. The van der Waals surface area contributed by atoms with Gasteiger partial charge >= 0.3 is 0 Å². The molecule has 0 aliphatic heterocycles. The van der Waals surface area contributed by atoms with Crippen LogP contribution in [-0.4, -0.2) is 28.5 Å². The average molecular weight is 337 g/mol. The number of hydrogen-bond donors (Lipinski definition) is 2. The summed E-state index contributed by atoms with van der Waals surface area (Å²) in [4.78, 5) is 0. The number of halogens is 1. The fourth-order valence-electron chi connectivity index (χ4n) is 2.70. The molecule has 0 saturated carbocycles. The molecule has 5 heteroatoms. The summed E-state index contributed by atoms with van der Waals surface area (Å²) in [6.07, 6.45) is 0.679. The van der Waals surface area contributed by atoms with Gasteiger partial charge in [-0.05, 0) is 48.4 Å². The maximum absolute atomic E-state index is 13.0. The highest BCUT2D eigenvalue weighted by Gasteiger charge is 2.11. The molecule has 0 spiro atoms. The SMILES string of the molecule is OCCC(CNc1ccc(-c2ccc(F)cc2)nn1)c1ccccc1. The van der Waals surface area contributed by atoms with Crippen molar-refractivity contribution in [3.63, 3.8) is 0 Å². The summed E-state index contributed by atoms with van der Waals surface area (Å²) in [5.41, 5.74) is 2.70. The molecule has 0 fully saturated rings. The predicted octanol–water partition coefficient (Wildman–Crippen LogP) is 3.86. The van der Waals surface area contributed by atoms with E-state index in [1.807, 2.05) is 30.3 Å². The highest BCUT2D eigenvalue weighted by atomic mass is 19.1. The van der Waals surface area contributed by atoms with Gasteiger partial charge in [-0.25, -0.2) is 4.39 Å². The minimum absolute atomic E-state index is 0.135. The molecule has 0 saturated heterocycles. The van der Waals surface area contributed by atoms with Crippen LogP contribution in [-0.2, 0) is 0 Å². The fraction of sp³-hybridized carbons (Fsp3) is 0.200. The van der Waals surface area contributed by atoms with E-state index in [0.717, 1.165) is 5.56 Å². The lowest BCUT2D eigenvalue weighted by Crippen LogP contribution is -2.15. The summed E-state index contributed by atoms with van der Waals surface area (Å²) < 4.78 is 13.0. The van der Waals surface area contributed by atoms with Crippen molar-refractivity contribution in [3.8, 4) is 11.3 Å². The van der Waals surface area contributed by atoms with Crippen LogP contribution in [0.1, 0.15) is 17.9 Å². The number of anilines is 1. The average Bonchev–Trinajstić information content (AvgIpc) is 2.67. The van der Waals surface area contributed by atoms with Gasteiger partial charge in [0.1, 0.15) is 11.6 Å². The van der Waals surface area contributed by atoms with Crippen molar-refractivity contribution < 1.29 is 9.50 Å². The normalized spacial score (nSPS) is 11.9. The van der Waals surface area contributed by atoms with Crippen molar-refractivity contribution in [1.29, 1.82) is 0 Å². The van der Waals surface area contributed by atoms with E-state index in [1.54, 1.807) is 12.1 Å². The molecule has 1 aromatic heterocycles. The van der Waals surface area contributed by atoms with Crippen LogP contribution in [0.5, 0.6) is 0 Å². The van der Waals surface area contributed by atoms with Gasteiger partial charge < -0.3 is 10.4 Å². The Hall–Kier alpha value is -2.79. The molecule has 0 aliphatic rings. The monoisotopic (exact) mass is 337 g/mol. The molecule has 2 aromatic carbocycles. The Bertz CT molecular complexity index is 776. The molecule has 3 rings (SSSR count). The summed E-state index contributed by atoms with van der Waals surface area (Å²) in [5.74, 6) is 0.598. The van der Waals surface area contributed by atoms with E-state index in [1.165, 1.54) is 17.7 Å². The topological polar surface area (TPSA) is 58.0 Å². The molecular weight excluding hydrogens is 317 g/mol. The molecule has 0 amide bonds. The Balaban J connectivity index is 1.65. The van der Waals surface area contributed by atoms with Crippen LogP contribution >= 0.6 is 0 Å². The number of hydrogen-bond acceptors (Lipinski definition) is 4. The first-order valence-electron chi connectivity index (χ1n) is 8.25. The van der Waals surface area contributed by atoms with Crippen LogP contribution in [0.15, 0.2) is 66.7 Å². The number of nitrogens with one attached hydrogen (secondary N) is 1. The Morgan fingerprint density at radius 1 is 0.920 bits per heavy atom. The number of aliphatic hydroxyl groups excluding tert-OH is 1. The number of aromatic nitrogens is 2. The molecule has 1 heterocycles. The number of benzene rings is 2. The van der Waals surface area contributed by atoms with E-state index in [9.17, 15) is 9.50 Å². The lowest BCUT2D eigenvalue weighted by Gasteiger charge is -2.17. The number of aliphatic hydroxyl groups is 1. The second-order valence-corrected chi connectivity index (χ2v) is 5.81. The van der Waals surface area contributed by atoms with E-state index in [4.69, 9.17) is 0 Å². The second kappa shape index (κ2) is 8.35. The van der Waals surface area contributed by atoms with Gasteiger partial charge in [-0.1, -0.05) is 30.3 Å². The number of nitrogens with zero attached hydrogens (tertiary/aromatic N) is 2. The molecule has 3 aromatic rings. The maximum Gasteiger partial charge on any atom is 0.148 e. The first kappa shape index (κ1) is 17.0. The molecule has 0 bridgehead atoms. The second-order valence-electron chi connectivity index (χ2n) is 5.81. The zero-order valence-electron chi connectivity index (χ0n) is 13.8. The van der Waals surface area contributed by atoms with Gasteiger partial charge in [0.05, 0.1) is 5.69 Å². The quantitative estimate of drug-likeness (QED) is 0.687. The number of rotatable bonds is 7.